The van der Waals surface area contributed by atoms with Crippen molar-refractivity contribution in [2.24, 2.45) is 4.99 Å². The van der Waals surface area contributed by atoms with Crippen molar-refractivity contribution in [3.05, 3.63) is 91.3 Å². The lowest BCUT2D eigenvalue weighted by Gasteiger charge is -2.15. The lowest BCUT2D eigenvalue weighted by atomic mass is 10.1. The fourth-order valence-corrected chi connectivity index (χ4v) is 4.03. The number of esters is 1. The molecule has 0 bridgehead atoms. The van der Waals surface area contributed by atoms with Crippen LogP contribution in [-0.2, 0) is 16.0 Å². The molecule has 0 fully saturated rings. The molecule has 196 valence electrons. The fraction of sp³-hybridized carbons (Fsp3) is 0.269. The first-order chi connectivity index (χ1) is 18.3. The standard InChI is InChI=1S/C26H25N5O7/c1-4-38-26(34)20-15-19-22(27-21-16(2)7-5-12-30(21)25(19)33)29(13-6-14-37-3)23(20)28-24(32)17-8-10-18(11-9-17)31(35)36/h5,7-12,15H,4,6,13-14H2,1-3H3. The third kappa shape index (κ3) is 5.06. The maximum absolute atomic E-state index is 13.5. The summed E-state index contributed by atoms with van der Waals surface area (Å²) in [6.07, 6.45) is 2.05. The molecule has 3 aromatic heterocycles. The van der Waals surface area contributed by atoms with Crippen molar-refractivity contribution in [3.8, 4) is 0 Å². The molecule has 4 rings (SSSR count). The van der Waals surface area contributed by atoms with Crippen LogP contribution in [0.25, 0.3) is 16.7 Å². The molecule has 0 N–H and O–H groups in total. The van der Waals surface area contributed by atoms with Crippen molar-refractivity contribution < 1.29 is 24.0 Å². The average Bonchev–Trinajstić information content (AvgIpc) is 2.90. The van der Waals surface area contributed by atoms with Gasteiger partial charge in [0.2, 0.25) is 0 Å². The Bertz CT molecular complexity index is 1690. The number of nitrogens with zero attached hydrogens (tertiary/aromatic N) is 5. The molecule has 1 amide bonds. The molecule has 12 heteroatoms. The quantitative estimate of drug-likeness (QED) is 0.113. The van der Waals surface area contributed by atoms with E-state index in [4.69, 9.17) is 14.5 Å². The Labute approximate surface area is 215 Å². The third-order valence-electron chi connectivity index (χ3n) is 5.86. The predicted octanol–water partition coefficient (Wildman–Crippen LogP) is 2.82. The maximum atomic E-state index is 13.5. The Morgan fingerprint density at radius 3 is 2.55 bits per heavy atom. The van der Waals surface area contributed by atoms with Crippen LogP contribution >= 0.6 is 0 Å². The molecule has 0 unspecified atom stereocenters. The smallest absolute Gasteiger partial charge is 0.341 e. The van der Waals surface area contributed by atoms with Crippen molar-refractivity contribution in [1.29, 1.82) is 0 Å². The average molecular weight is 520 g/mol. The highest BCUT2D eigenvalue weighted by molar-refractivity contribution is 5.97. The molecule has 1 aromatic carbocycles. The van der Waals surface area contributed by atoms with Crippen LogP contribution in [0.1, 0.15) is 39.6 Å². The summed E-state index contributed by atoms with van der Waals surface area (Å²) >= 11 is 0. The van der Waals surface area contributed by atoms with Gasteiger partial charge in [-0.1, -0.05) is 6.07 Å². The van der Waals surface area contributed by atoms with Gasteiger partial charge in [-0.2, -0.15) is 4.99 Å². The first-order valence-corrected chi connectivity index (χ1v) is 11.8. The number of rotatable bonds is 8. The highest BCUT2D eigenvalue weighted by atomic mass is 16.6. The van der Waals surface area contributed by atoms with Gasteiger partial charge in [0, 0.05) is 44.2 Å². The van der Waals surface area contributed by atoms with E-state index in [-0.39, 0.29) is 46.5 Å². The molecule has 0 saturated carbocycles. The van der Waals surface area contributed by atoms with Gasteiger partial charge >= 0.3 is 5.97 Å². The topological polar surface area (TPSA) is 147 Å². The third-order valence-corrected chi connectivity index (χ3v) is 5.86. The van der Waals surface area contributed by atoms with Crippen LogP contribution in [0, 0.1) is 17.0 Å². The summed E-state index contributed by atoms with van der Waals surface area (Å²) in [5.74, 6) is -1.50. The summed E-state index contributed by atoms with van der Waals surface area (Å²) in [6, 6.07) is 9.84. The number of hydrogen-bond donors (Lipinski definition) is 0. The van der Waals surface area contributed by atoms with E-state index in [1.807, 2.05) is 13.0 Å². The van der Waals surface area contributed by atoms with Crippen LogP contribution in [0.2, 0.25) is 0 Å². The number of carbonyl (C=O) groups is 2. The summed E-state index contributed by atoms with van der Waals surface area (Å²) < 4.78 is 13.3. The number of hydrogen-bond acceptors (Lipinski definition) is 8. The Morgan fingerprint density at radius 2 is 1.89 bits per heavy atom. The van der Waals surface area contributed by atoms with E-state index < -0.39 is 22.4 Å². The number of aromatic nitrogens is 3. The summed E-state index contributed by atoms with van der Waals surface area (Å²) in [7, 11) is 1.54. The number of carbonyl (C=O) groups excluding carboxylic acids is 2. The second-order valence-electron chi connectivity index (χ2n) is 8.36. The van der Waals surface area contributed by atoms with Gasteiger partial charge < -0.3 is 14.0 Å². The minimum Gasteiger partial charge on any atom is -0.462 e. The molecule has 3 heterocycles. The fourth-order valence-electron chi connectivity index (χ4n) is 4.03. The maximum Gasteiger partial charge on any atom is 0.341 e. The normalized spacial score (nSPS) is 11.7. The molecule has 0 saturated heterocycles. The first-order valence-electron chi connectivity index (χ1n) is 11.8. The lowest BCUT2D eigenvalue weighted by molar-refractivity contribution is -0.384. The van der Waals surface area contributed by atoms with E-state index in [1.54, 1.807) is 26.3 Å². The Morgan fingerprint density at radius 1 is 1.16 bits per heavy atom. The van der Waals surface area contributed by atoms with Crippen LogP contribution in [-0.4, -0.2) is 51.1 Å². The van der Waals surface area contributed by atoms with Gasteiger partial charge in [0.05, 0.1) is 16.9 Å². The molecular weight excluding hydrogens is 494 g/mol. The second-order valence-corrected chi connectivity index (χ2v) is 8.36. The van der Waals surface area contributed by atoms with Gasteiger partial charge in [0.1, 0.15) is 16.9 Å². The number of methoxy groups -OCH3 is 1. The van der Waals surface area contributed by atoms with Crippen molar-refractivity contribution in [2.75, 3.05) is 20.3 Å². The highest BCUT2D eigenvalue weighted by Gasteiger charge is 2.21. The molecule has 12 nitrogen and oxygen atoms in total. The van der Waals surface area contributed by atoms with Crippen molar-refractivity contribution in [3.63, 3.8) is 0 Å². The number of aryl methyl sites for hydroxylation is 2. The van der Waals surface area contributed by atoms with Gasteiger partial charge in [-0.15, -0.1) is 0 Å². The van der Waals surface area contributed by atoms with E-state index >= 15 is 0 Å². The second kappa shape index (κ2) is 11.1. The molecule has 0 atom stereocenters. The summed E-state index contributed by atoms with van der Waals surface area (Å²) in [5.41, 5.74) is 0.791. The van der Waals surface area contributed by atoms with Crippen LogP contribution in [0.15, 0.2) is 58.4 Å². The largest absolute Gasteiger partial charge is 0.462 e. The highest BCUT2D eigenvalue weighted by Crippen LogP contribution is 2.15. The van der Waals surface area contributed by atoms with E-state index in [0.29, 0.717) is 18.7 Å². The zero-order valence-electron chi connectivity index (χ0n) is 21.0. The molecule has 0 aliphatic rings. The van der Waals surface area contributed by atoms with Crippen LogP contribution in [0.3, 0.4) is 0 Å². The molecule has 4 aromatic rings. The van der Waals surface area contributed by atoms with Gasteiger partial charge in [0.25, 0.3) is 17.2 Å². The number of nitro groups is 1. The lowest BCUT2D eigenvalue weighted by Crippen LogP contribution is -2.33. The number of nitro benzene ring substituents is 1. The van der Waals surface area contributed by atoms with Crippen LogP contribution in [0.5, 0.6) is 0 Å². The van der Waals surface area contributed by atoms with Gasteiger partial charge in [-0.05, 0) is 50.1 Å². The minimum absolute atomic E-state index is 0.0414. The van der Waals surface area contributed by atoms with Gasteiger partial charge in [0.15, 0.2) is 5.49 Å². The van der Waals surface area contributed by atoms with Gasteiger partial charge in [-0.25, -0.2) is 9.78 Å². The minimum atomic E-state index is -0.765. The Balaban J connectivity index is 2.07. The summed E-state index contributed by atoms with van der Waals surface area (Å²) in [5, 5.41) is 11.1. The van der Waals surface area contributed by atoms with Crippen molar-refractivity contribution in [1.82, 2.24) is 14.0 Å². The predicted molar refractivity (Wildman–Crippen MR) is 137 cm³/mol. The Kier molecular flexibility index (Phi) is 7.72. The molecule has 0 aliphatic heterocycles. The van der Waals surface area contributed by atoms with Crippen molar-refractivity contribution >= 4 is 34.2 Å². The zero-order chi connectivity index (χ0) is 27.4. The monoisotopic (exact) mass is 519 g/mol. The number of ether oxygens (including phenoxy) is 2. The van der Waals surface area contributed by atoms with Gasteiger partial charge in [-0.3, -0.25) is 24.1 Å². The summed E-state index contributed by atoms with van der Waals surface area (Å²) in [6.45, 7) is 4.10. The number of fused-ring (bicyclic) bond motifs is 2. The molecular formula is C26H25N5O7. The Hall–Kier alpha value is -4.71. The number of benzene rings is 1. The number of amides is 1. The van der Waals surface area contributed by atoms with E-state index in [1.165, 1.54) is 39.3 Å². The van der Waals surface area contributed by atoms with E-state index in [2.05, 4.69) is 4.99 Å². The summed E-state index contributed by atoms with van der Waals surface area (Å²) in [4.78, 5) is 59.0. The van der Waals surface area contributed by atoms with E-state index in [0.717, 1.165) is 5.56 Å². The molecule has 0 aliphatic carbocycles. The zero-order valence-corrected chi connectivity index (χ0v) is 21.0. The van der Waals surface area contributed by atoms with E-state index in [9.17, 15) is 24.5 Å². The van der Waals surface area contributed by atoms with Crippen molar-refractivity contribution in [2.45, 2.75) is 26.8 Å². The van der Waals surface area contributed by atoms with Crippen LogP contribution in [0.4, 0.5) is 5.69 Å². The molecule has 0 spiro atoms. The SMILES string of the molecule is CCOC(=O)c1cc2c(=O)n3cccc(C)c3nc2n(CCCOC)c1=NC(=O)c1ccc([N+](=O)[O-])cc1. The number of pyridine rings is 2. The number of non-ortho nitro benzene ring substituents is 1. The van der Waals surface area contributed by atoms with Crippen LogP contribution < -0.4 is 11.0 Å². The molecule has 0 radical (unpaired) electrons. The molecule has 38 heavy (non-hydrogen) atoms. The first kappa shape index (κ1) is 26.4.